The van der Waals surface area contributed by atoms with Crippen molar-refractivity contribution in [3.8, 4) is 0 Å². The van der Waals surface area contributed by atoms with E-state index in [-0.39, 0.29) is 5.41 Å². The van der Waals surface area contributed by atoms with E-state index < -0.39 is 0 Å². The minimum atomic E-state index is -0.0874. The molecule has 0 saturated carbocycles. The lowest BCUT2D eigenvalue weighted by molar-refractivity contribution is 0.542. The van der Waals surface area contributed by atoms with Crippen LogP contribution in [0.5, 0.6) is 0 Å². The third kappa shape index (κ3) is 3.56. The molecule has 0 aromatic carbocycles. The molecule has 3 nitrogen and oxygen atoms in total. The minimum Gasteiger partial charge on any atom is -0.357 e. The molecular formula is C13H22ClN3. The summed E-state index contributed by atoms with van der Waals surface area (Å²) >= 11 is 6.07. The lowest BCUT2D eigenvalue weighted by Crippen LogP contribution is -2.30. The Bertz CT molecular complexity index is 385. The van der Waals surface area contributed by atoms with Crippen molar-refractivity contribution in [1.29, 1.82) is 0 Å². The molecule has 0 spiro atoms. The Hall–Kier alpha value is -0.830. The maximum Gasteiger partial charge on any atom is 0.137 e. The number of hydrogen-bond donors (Lipinski definition) is 0. The normalized spacial score (nSPS) is 13.6. The fourth-order valence-electron chi connectivity index (χ4n) is 1.42. The summed E-state index contributed by atoms with van der Waals surface area (Å²) in [4.78, 5) is 11.0. The van der Waals surface area contributed by atoms with Crippen LogP contribution in [0.3, 0.4) is 0 Å². The van der Waals surface area contributed by atoms with Gasteiger partial charge in [0, 0.05) is 24.6 Å². The van der Waals surface area contributed by atoms with E-state index in [0.717, 1.165) is 18.1 Å². The first-order valence-electron chi connectivity index (χ1n) is 6.03. The van der Waals surface area contributed by atoms with Gasteiger partial charge in [-0.05, 0) is 13.3 Å². The highest BCUT2D eigenvalue weighted by Crippen LogP contribution is 2.24. The van der Waals surface area contributed by atoms with Crippen LogP contribution in [0.25, 0.3) is 0 Å². The number of anilines is 1. The number of rotatable bonds is 3. The average molecular weight is 256 g/mol. The van der Waals surface area contributed by atoms with Crippen LogP contribution in [0.1, 0.15) is 46.9 Å². The second-order valence-corrected chi connectivity index (χ2v) is 5.88. The first-order chi connectivity index (χ1) is 7.75. The van der Waals surface area contributed by atoms with Crippen LogP contribution in [0.2, 0.25) is 5.15 Å². The highest BCUT2D eigenvalue weighted by Gasteiger charge is 2.20. The Morgan fingerprint density at radius 2 is 1.94 bits per heavy atom. The van der Waals surface area contributed by atoms with Crippen molar-refractivity contribution in [3.63, 3.8) is 0 Å². The zero-order valence-electron chi connectivity index (χ0n) is 11.6. The summed E-state index contributed by atoms with van der Waals surface area (Å²) in [5, 5.41) is 0.509. The smallest absolute Gasteiger partial charge is 0.137 e. The van der Waals surface area contributed by atoms with E-state index in [0.29, 0.717) is 11.2 Å². The lowest BCUT2D eigenvalue weighted by Gasteiger charge is -2.26. The summed E-state index contributed by atoms with van der Waals surface area (Å²) in [6.45, 7) is 10.6. The molecule has 1 atom stereocenters. The van der Waals surface area contributed by atoms with E-state index in [4.69, 9.17) is 11.6 Å². The Kier molecular flexibility index (Phi) is 4.36. The first-order valence-corrected chi connectivity index (χ1v) is 6.41. The summed E-state index contributed by atoms with van der Waals surface area (Å²) in [5.74, 6) is 1.68. The predicted molar refractivity (Wildman–Crippen MR) is 73.9 cm³/mol. The van der Waals surface area contributed by atoms with Gasteiger partial charge in [0.2, 0.25) is 0 Å². The van der Waals surface area contributed by atoms with Crippen molar-refractivity contribution in [2.24, 2.45) is 0 Å². The molecule has 0 N–H and O–H groups in total. The summed E-state index contributed by atoms with van der Waals surface area (Å²) < 4.78 is 0. The third-order valence-electron chi connectivity index (χ3n) is 2.97. The largest absolute Gasteiger partial charge is 0.357 e. The third-order valence-corrected chi connectivity index (χ3v) is 3.16. The quantitative estimate of drug-likeness (QED) is 0.772. The molecule has 0 fully saturated rings. The van der Waals surface area contributed by atoms with Crippen LogP contribution in [0.4, 0.5) is 5.82 Å². The molecule has 0 aliphatic heterocycles. The molecule has 0 amide bonds. The van der Waals surface area contributed by atoms with E-state index in [1.54, 1.807) is 0 Å². The first kappa shape index (κ1) is 14.2. The molecule has 1 aromatic rings. The van der Waals surface area contributed by atoms with Crippen molar-refractivity contribution < 1.29 is 0 Å². The van der Waals surface area contributed by atoms with Gasteiger partial charge in [0.15, 0.2) is 0 Å². The summed E-state index contributed by atoms with van der Waals surface area (Å²) in [6.07, 6.45) is 1.07. The summed E-state index contributed by atoms with van der Waals surface area (Å²) in [6, 6.07) is 2.26. The van der Waals surface area contributed by atoms with Crippen LogP contribution in [-0.2, 0) is 5.41 Å². The van der Waals surface area contributed by atoms with E-state index >= 15 is 0 Å². The Morgan fingerprint density at radius 1 is 1.35 bits per heavy atom. The van der Waals surface area contributed by atoms with Crippen LogP contribution in [0.15, 0.2) is 6.07 Å². The maximum absolute atomic E-state index is 6.07. The van der Waals surface area contributed by atoms with Crippen molar-refractivity contribution in [3.05, 3.63) is 17.0 Å². The Balaban J connectivity index is 3.14. The van der Waals surface area contributed by atoms with Gasteiger partial charge in [0.05, 0.1) is 0 Å². The predicted octanol–water partition coefficient (Wildman–Crippen LogP) is 3.66. The van der Waals surface area contributed by atoms with E-state index in [1.807, 2.05) is 13.1 Å². The molecular weight excluding hydrogens is 234 g/mol. The molecule has 4 heteroatoms. The van der Waals surface area contributed by atoms with Crippen molar-refractivity contribution in [1.82, 2.24) is 9.97 Å². The highest BCUT2D eigenvalue weighted by atomic mass is 35.5. The van der Waals surface area contributed by atoms with Crippen molar-refractivity contribution in [2.45, 2.75) is 52.5 Å². The molecule has 1 aromatic heterocycles. The molecule has 96 valence electrons. The van der Waals surface area contributed by atoms with Crippen molar-refractivity contribution >= 4 is 17.4 Å². The molecule has 1 rings (SSSR count). The van der Waals surface area contributed by atoms with E-state index in [1.165, 1.54) is 0 Å². The van der Waals surface area contributed by atoms with Crippen LogP contribution < -0.4 is 4.90 Å². The number of halogens is 1. The zero-order chi connectivity index (χ0) is 13.2. The molecule has 0 aliphatic carbocycles. The molecule has 0 bridgehead atoms. The van der Waals surface area contributed by atoms with Gasteiger partial charge in [0.25, 0.3) is 0 Å². The summed E-state index contributed by atoms with van der Waals surface area (Å²) in [7, 11) is 2.04. The second kappa shape index (κ2) is 5.21. The van der Waals surface area contributed by atoms with E-state index in [2.05, 4.69) is 49.5 Å². The number of hydrogen-bond acceptors (Lipinski definition) is 3. The lowest BCUT2D eigenvalue weighted by atomic mass is 9.96. The van der Waals surface area contributed by atoms with Gasteiger partial charge < -0.3 is 4.90 Å². The average Bonchev–Trinajstić information content (AvgIpc) is 2.25. The minimum absolute atomic E-state index is 0.0874. The molecule has 17 heavy (non-hydrogen) atoms. The van der Waals surface area contributed by atoms with Gasteiger partial charge in [-0.15, -0.1) is 0 Å². The van der Waals surface area contributed by atoms with Gasteiger partial charge in [-0.2, -0.15) is 0 Å². The van der Waals surface area contributed by atoms with Gasteiger partial charge in [-0.3, -0.25) is 0 Å². The fraction of sp³-hybridized carbons (Fsp3) is 0.692. The summed E-state index contributed by atoms with van der Waals surface area (Å²) in [5.41, 5.74) is -0.0874. The van der Waals surface area contributed by atoms with Gasteiger partial charge in [-0.1, -0.05) is 39.3 Å². The Labute approximate surface area is 109 Å². The van der Waals surface area contributed by atoms with E-state index in [9.17, 15) is 0 Å². The van der Waals surface area contributed by atoms with Gasteiger partial charge >= 0.3 is 0 Å². The van der Waals surface area contributed by atoms with Crippen LogP contribution in [0, 0.1) is 0 Å². The Morgan fingerprint density at radius 3 is 2.41 bits per heavy atom. The number of aromatic nitrogens is 2. The van der Waals surface area contributed by atoms with Crippen molar-refractivity contribution in [2.75, 3.05) is 11.9 Å². The standard InChI is InChI=1S/C13H22ClN3/c1-7-9(2)17(6)11-8-10(14)15-12(16-11)13(3,4)5/h8-9H,7H2,1-6H3. The molecule has 0 aliphatic rings. The maximum atomic E-state index is 6.07. The zero-order valence-corrected chi connectivity index (χ0v) is 12.3. The van der Waals surface area contributed by atoms with Crippen LogP contribution in [-0.4, -0.2) is 23.1 Å². The topological polar surface area (TPSA) is 29.0 Å². The highest BCUT2D eigenvalue weighted by molar-refractivity contribution is 6.29. The molecule has 1 heterocycles. The molecule has 1 unspecified atom stereocenters. The molecule has 0 saturated heterocycles. The SMILES string of the molecule is CCC(C)N(C)c1cc(Cl)nc(C(C)(C)C)n1. The monoisotopic (exact) mass is 255 g/mol. The molecule has 0 radical (unpaired) electrons. The number of nitrogens with zero attached hydrogens (tertiary/aromatic N) is 3. The van der Waals surface area contributed by atoms with Gasteiger partial charge in [-0.25, -0.2) is 9.97 Å². The van der Waals surface area contributed by atoms with Gasteiger partial charge in [0.1, 0.15) is 16.8 Å². The fourth-order valence-corrected chi connectivity index (χ4v) is 1.60. The second-order valence-electron chi connectivity index (χ2n) is 5.49. The van der Waals surface area contributed by atoms with Crippen LogP contribution >= 0.6 is 11.6 Å².